The van der Waals surface area contributed by atoms with Gasteiger partial charge in [0.25, 0.3) is 5.91 Å². The number of pyridine rings is 1. The second-order valence-corrected chi connectivity index (χ2v) is 5.29. The van der Waals surface area contributed by atoms with Gasteiger partial charge >= 0.3 is 5.97 Å². The average molecular weight is 307 g/mol. The number of amides is 1. The fourth-order valence-corrected chi connectivity index (χ4v) is 1.82. The molecule has 0 aliphatic rings. The Labute approximate surface area is 129 Å². The summed E-state index contributed by atoms with van der Waals surface area (Å²) in [5, 5.41) is 20.5. The lowest BCUT2D eigenvalue weighted by Crippen LogP contribution is -2.37. The van der Waals surface area contributed by atoms with Crippen LogP contribution in [0.15, 0.2) is 24.4 Å². The fourth-order valence-electron chi connectivity index (χ4n) is 1.82. The van der Waals surface area contributed by atoms with Gasteiger partial charge in [-0.1, -0.05) is 19.9 Å². The van der Waals surface area contributed by atoms with E-state index in [-0.39, 0.29) is 5.92 Å². The number of hydrogen-bond donors (Lipinski definition) is 4. The van der Waals surface area contributed by atoms with Crippen molar-refractivity contribution in [3.63, 3.8) is 0 Å². The Balaban J connectivity index is 2.58. The summed E-state index contributed by atoms with van der Waals surface area (Å²) in [7, 11) is 0. The van der Waals surface area contributed by atoms with Crippen LogP contribution in [0.4, 0.5) is 0 Å². The molecule has 7 heteroatoms. The van der Waals surface area contributed by atoms with E-state index in [0.29, 0.717) is 24.2 Å². The molecule has 1 atom stereocenters. The first-order chi connectivity index (χ1) is 10.4. The Morgan fingerprint density at radius 1 is 1.36 bits per heavy atom. The van der Waals surface area contributed by atoms with Crippen molar-refractivity contribution in [1.82, 2.24) is 15.8 Å². The van der Waals surface area contributed by atoms with E-state index < -0.39 is 17.9 Å². The number of aromatic nitrogens is 1. The number of carbonyl (C=O) groups excluding carboxylic acids is 1. The molecular weight excluding hydrogens is 286 g/mol. The SMILES string of the molecule is CC(C)C[C@H](NCc1ccc(/C=C/C(=O)NO)cn1)C(=O)O. The summed E-state index contributed by atoms with van der Waals surface area (Å²) in [6.07, 6.45) is 4.80. The van der Waals surface area contributed by atoms with Gasteiger partial charge in [0.1, 0.15) is 6.04 Å². The highest BCUT2D eigenvalue weighted by atomic mass is 16.5. The van der Waals surface area contributed by atoms with Crippen LogP contribution in [0.2, 0.25) is 0 Å². The summed E-state index contributed by atoms with van der Waals surface area (Å²) in [6.45, 7) is 4.30. The van der Waals surface area contributed by atoms with Crippen molar-refractivity contribution in [2.75, 3.05) is 0 Å². The number of aliphatic carboxylic acids is 1. The van der Waals surface area contributed by atoms with E-state index in [0.717, 1.165) is 0 Å². The van der Waals surface area contributed by atoms with Crippen LogP contribution < -0.4 is 10.8 Å². The second kappa shape index (κ2) is 8.91. The molecule has 0 unspecified atom stereocenters. The van der Waals surface area contributed by atoms with Gasteiger partial charge in [-0.25, -0.2) is 5.48 Å². The molecule has 0 aliphatic carbocycles. The van der Waals surface area contributed by atoms with Crippen molar-refractivity contribution in [2.45, 2.75) is 32.9 Å². The molecule has 0 radical (unpaired) electrons. The minimum Gasteiger partial charge on any atom is -0.480 e. The third-order valence-electron chi connectivity index (χ3n) is 2.92. The van der Waals surface area contributed by atoms with Crippen molar-refractivity contribution in [3.8, 4) is 0 Å². The number of carboxylic acid groups (broad SMARTS) is 1. The van der Waals surface area contributed by atoms with Crippen LogP contribution in [0.1, 0.15) is 31.5 Å². The van der Waals surface area contributed by atoms with E-state index in [4.69, 9.17) is 10.3 Å². The Bertz CT molecular complexity index is 526. The van der Waals surface area contributed by atoms with Crippen LogP contribution in [0, 0.1) is 5.92 Å². The van der Waals surface area contributed by atoms with Gasteiger partial charge in [0.2, 0.25) is 0 Å². The van der Waals surface area contributed by atoms with Crippen LogP contribution in [-0.2, 0) is 16.1 Å². The minimum absolute atomic E-state index is 0.284. The molecule has 22 heavy (non-hydrogen) atoms. The zero-order valence-electron chi connectivity index (χ0n) is 12.6. The monoisotopic (exact) mass is 307 g/mol. The molecule has 120 valence electrons. The number of carbonyl (C=O) groups is 2. The van der Waals surface area contributed by atoms with Crippen LogP contribution in [0.3, 0.4) is 0 Å². The van der Waals surface area contributed by atoms with Gasteiger partial charge in [-0.05, 0) is 30.0 Å². The number of hydroxylamine groups is 1. The molecule has 0 aromatic carbocycles. The lowest BCUT2D eigenvalue weighted by molar-refractivity contribution is -0.140. The molecular formula is C15H21N3O4. The molecule has 1 heterocycles. The third-order valence-corrected chi connectivity index (χ3v) is 2.92. The molecule has 1 amide bonds. The van der Waals surface area contributed by atoms with Gasteiger partial charge in [0.15, 0.2) is 0 Å². The molecule has 0 saturated carbocycles. The molecule has 0 fully saturated rings. The maximum atomic E-state index is 11.1. The standard InChI is InChI=1S/C15H21N3O4/c1-10(2)7-13(15(20)21)17-9-12-5-3-11(8-16-12)4-6-14(19)18-22/h3-6,8,10,13,17,22H,7,9H2,1-2H3,(H,18,19)(H,20,21)/b6-4+/t13-/m0/s1. The molecule has 1 rings (SSSR count). The Morgan fingerprint density at radius 2 is 2.09 bits per heavy atom. The van der Waals surface area contributed by atoms with Gasteiger partial charge in [0.05, 0.1) is 5.69 Å². The molecule has 1 aromatic heterocycles. The zero-order chi connectivity index (χ0) is 16.5. The van der Waals surface area contributed by atoms with Crippen molar-refractivity contribution < 1.29 is 19.9 Å². The van der Waals surface area contributed by atoms with Crippen molar-refractivity contribution in [3.05, 3.63) is 35.7 Å². The van der Waals surface area contributed by atoms with Crippen LogP contribution in [0.25, 0.3) is 6.08 Å². The van der Waals surface area contributed by atoms with Gasteiger partial charge in [-0.3, -0.25) is 25.1 Å². The van der Waals surface area contributed by atoms with E-state index in [9.17, 15) is 9.59 Å². The predicted octanol–water partition coefficient (Wildman–Crippen LogP) is 1.19. The summed E-state index contributed by atoms with van der Waals surface area (Å²) < 4.78 is 0. The smallest absolute Gasteiger partial charge is 0.320 e. The topological polar surface area (TPSA) is 112 Å². The first kappa shape index (κ1) is 17.8. The van der Waals surface area contributed by atoms with E-state index in [1.54, 1.807) is 18.3 Å². The summed E-state index contributed by atoms with van der Waals surface area (Å²) >= 11 is 0. The number of nitrogens with zero attached hydrogens (tertiary/aromatic N) is 1. The maximum Gasteiger partial charge on any atom is 0.320 e. The van der Waals surface area contributed by atoms with Crippen molar-refractivity contribution in [2.24, 2.45) is 5.92 Å². The lowest BCUT2D eigenvalue weighted by Gasteiger charge is -2.16. The van der Waals surface area contributed by atoms with Crippen LogP contribution in [0.5, 0.6) is 0 Å². The van der Waals surface area contributed by atoms with E-state index >= 15 is 0 Å². The van der Waals surface area contributed by atoms with Gasteiger partial charge in [-0.15, -0.1) is 0 Å². The van der Waals surface area contributed by atoms with E-state index in [1.807, 2.05) is 13.8 Å². The Kier molecular flexibility index (Phi) is 7.21. The molecule has 4 N–H and O–H groups in total. The summed E-state index contributed by atoms with van der Waals surface area (Å²) in [4.78, 5) is 26.2. The summed E-state index contributed by atoms with van der Waals surface area (Å²) in [6, 6.07) is 2.90. The van der Waals surface area contributed by atoms with Gasteiger partial charge in [-0.2, -0.15) is 0 Å². The zero-order valence-corrected chi connectivity index (χ0v) is 12.6. The first-order valence-corrected chi connectivity index (χ1v) is 6.95. The molecule has 0 aliphatic heterocycles. The van der Waals surface area contributed by atoms with Crippen molar-refractivity contribution >= 4 is 18.0 Å². The summed E-state index contributed by atoms with van der Waals surface area (Å²) in [5.74, 6) is -1.21. The molecule has 1 aromatic rings. The van der Waals surface area contributed by atoms with Crippen LogP contribution in [-0.4, -0.2) is 33.2 Å². The minimum atomic E-state index is -0.872. The van der Waals surface area contributed by atoms with Gasteiger partial charge < -0.3 is 5.11 Å². The maximum absolute atomic E-state index is 11.1. The predicted molar refractivity (Wildman–Crippen MR) is 80.9 cm³/mol. The van der Waals surface area contributed by atoms with E-state index in [1.165, 1.54) is 17.6 Å². The van der Waals surface area contributed by atoms with E-state index in [2.05, 4.69) is 10.3 Å². The quantitative estimate of drug-likeness (QED) is 0.326. The summed E-state index contributed by atoms with van der Waals surface area (Å²) in [5.41, 5.74) is 2.90. The average Bonchev–Trinajstić information content (AvgIpc) is 2.49. The molecule has 0 spiro atoms. The number of hydrogen-bond acceptors (Lipinski definition) is 5. The first-order valence-electron chi connectivity index (χ1n) is 6.95. The highest BCUT2D eigenvalue weighted by Gasteiger charge is 2.17. The van der Waals surface area contributed by atoms with Gasteiger partial charge in [0, 0.05) is 18.8 Å². The third kappa shape index (κ3) is 6.47. The molecule has 0 saturated heterocycles. The second-order valence-electron chi connectivity index (χ2n) is 5.29. The van der Waals surface area contributed by atoms with Crippen molar-refractivity contribution in [1.29, 1.82) is 0 Å². The van der Waals surface area contributed by atoms with Crippen LogP contribution >= 0.6 is 0 Å². The molecule has 0 bridgehead atoms. The lowest BCUT2D eigenvalue weighted by atomic mass is 10.0. The Hall–Kier alpha value is -2.25. The number of carboxylic acids is 1. The number of rotatable bonds is 8. The highest BCUT2D eigenvalue weighted by molar-refractivity contribution is 5.90. The number of nitrogens with one attached hydrogen (secondary N) is 2. The molecule has 7 nitrogen and oxygen atoms in total. The fraction of sp³-hybridized carbons (Fsp3) is 0.400. The normalized spacial score (nSPS) is 12.5. The Morgan fingerprint density at radius 3 is 2.59 bits per heavy atom. The highest BCUT2D eigenvalue weighted by Crippen LogP contribution is 2.07. The largest absolute Gasteiger partial charge is 0.480 e.